The maximum atomic E-state index is 12.5. The Bertz CT molecular complexity index is 897. The van der Waals surface area contributed by atoms with Crippen molar-refractivity contribution < 1.29 is 4.79 Å². The summed E-state index contributed by atoms with van der Waals surface area (Å²) in [4.78, 5) is 24.6. The van der Waals surface area contributed by atoms with Crippen LogP contribution in [-0.4, -0.2) is 54.0 Å². The first-order valence-electron chi connectivity index (χ1n) is 8.93. The van der Waals surface area contributed by atoms with E-state index in [2.05, 4.69) is 38.2 Å². The highest BCUT2D eigenvalue weighted by Gasteiger charge is 2.18. The number of fused-ring (bicyclic) bond motifs is 1. The Balaban J connectivity index is 1.53. The fraction of sp³-hybridized carbons (Fsp3) is 0.300. The highest BCUT2D eigenvalue weighted by atomic mass is 16.1. The van der Waals surface area contributed by atoms with Gasteiger partial charge in [-0.15, -0.1) is 0 Å². The molecule has 1 aromatic carbocycles. The Morgan fingerprint density at radius 2 is 2.04 bits per heavy atom. The second kappa shape index (κ2) is 7.17. The van der Waals surface area contributed by atoms with Crippen LogP contribution in [-0.2, 0) is 6.54 Å². The van der Waals surface area contributed by atoms with E-state index >= 15 is 0 Å². The first-order valence-corrected chi connectivity index (χ1v) is 8.93. The number of pyridine rings is 1. The number of benzene rings is 1. The van der Waals surface area contributed by atoms with Gasteiger partial charge in [0, 0.05) is 61.7 Å². The molecule has 0 saturated carbocycles. The maximum Gasteiger partial charge on any atom is 0.267 e. The lowest BCUT2D eigenvalue weighted by atomic mass is 10.1. The monoisotopic (exact) mass is 349 g/mol. The summed E-state index contributed by atoms with van der Waals surface area (Å²) in [6.07, 6.45) is 3.49. The molecule has 2 N–H and O–H groups in total. The van der Waals surface area contributed by atoms with Gasteiger partial charge in [-0.25, -0.2) is 0 Å². The van der Waals surface area contributed by atoms with E-state index in [4.69, 9.17) is 0 Å². The van der Waals surface area contributed by atoms with E-state index in [9.17, 15) is 4.79 Å². The smallest absolute Gasteiger partial charge is 0.267 e. The Hall–Kier alpha value is -2.86. The minimum atomic E-state index is -0.102. The molecule has 2 aromatic heterocycles. The third-order valence-corrected chi connectivity index (χ3v) is 4.91. The van der Waals surface area contributed by atoms with E-state index in [0.29, 0.717) is 12.2 Å². The van der Waals surface area contributed by atoms with E-state index in [1.165, 1.54) is 5.69 Å². The van der Waals surface area contributed by atoms with Crippen molar-refractivity contribution in [1.29, 1.82) is 0 Å². The minimum absolute atomic E-state index is 0.102. The van der Waals surface area contributed by atoms with E-state index < -0.39 is 0 Å². The average Bonchev–Trinajstić information content (AvgIpc) is 3.12. The Kier molecular flexibility index (Phi) is 4.58. The Morgan fingerprint density at radius 3 is 2.81 bits per heavy atom. The number of carbonyl (C=O) groups is 1. The lowest BCUT2D eigenvalue weighted by Crippen LogP contribution is -2.44. The van der Waals surface area contributed by atoms with Gasteiger partial charge in [-0.05, 0) is 36.9 Å². The number of carbonyl (C=O) groups excluding carboxylic acids is 1. The first-order chi connectivity index (χ1) is 12.7. The molecular formula is C20H23N5O. The molecule has 0 unspecified atom stereocenters. The minimum Gasteiger partial charge on any atom is -0.368 e. The summed E-state index contributed by atoms with van der Waals surface area (Å²) in [5.74, 6) is -0.102. The number of likely N-dealkylation sites (N-methyl/N-ethyl adjacent to an activating group) is 1. The molecule has 134 valence electrons. The predicted octanol–water partition coefficient (Wildman–Crippen LogP) is 2.24. The molecule has 6 heteroatoms. The van der Waals surface area contributed by atoms with Crippen LogP contribution in [0.2, 0.25) is 0 Å². The third-order valence-electron chi connectivity index (χ3n) is 4.91. The van der Waals surface area contributed by atoms with Crippen molar-refractivity contribution in [2.24, 2.45) is 0 Å². The zero-order valence-electron chi connectivity index (χ0n) is 14.9. The van der Waals surface area contributed by atoms with E-state index in [1.54, 1.807) is 12.4 Å². The van der Waals surface area contributed by atoms with Gasteiger partial charge in [-0.3, -0.25) is 9.78 Å². The van der Waals surface area contributed by atoms with Gasteiger partial charge in [-0.1, -0.05) is 12.1 Å². The number of nitrogens with one attached hydrogen (secondary N) is 2. The molecule has 3 aromatic rings. The number of rotatable bonds is 4. The van der Waals surface area contributed by atoms with Crippen LogP contribution in [0, 0.1) is 0 Å². The number of nitrogens with zero attached hydrogens (tertiary/aromatic N) is 3. The highest BCUT2D eigenvalue weighted by molar-refractivity contribution is 6.02. The summed E-state index contributed by atoms with van der Waals surface area (Å²) in [6, 6.07) is 12.0. The number of aromatic nitrogens is 2. The van der Waals surface area contributed by atoms with Crippen molar-refractivity contribution in [2.45, 2.75) is 6.54 Å². The molecule has 1 fully saturated rings. The molecule has 6 nitrogen and oxygen atoms in total. The lowest BCUT2D eigenvalue weighted by molar-refractivity contribution is 0.0946. The van der Waals surface area contributed by atoms with Crippen LogP contribution >= 0.6 is 0 Å². The normalized spacial score (nSPS) is 15.3. The lowest BCUT2D eigenvalue weighted by Gasteiger charge is -2.34. The Labute approximate surface area is 152 Å². The summed E-state index contributed by atoms with van der Waals surface area (Å²) < 4.78 is 0. The number of piperazine rings is 1. The molecule has 1 aliphatic heterocycles. The summed E-state index contributed by atoms with van der Waals surface area (Å²) >= 11 is 0. The predicted molar refractivity (Wildman–Crippen MR) is 103 cm³/mol. The molecule has 0 bridgehead atoms. The number of anilines is 1. The highest BCUT2D eigenvalue weighted by Crippen LogP contribution is 2.28. The van der Waals surface area contributed by atoms with Gasteiger partial charge in [0.05, 0.1) is 0 Å². The zero-order chi connectivity index (χ0) is 17.9. The van der Waals surface area contributed by atoms with E-state index in [1.807, 2.05) is 30.3 Å². The van der Waals surface area contributed by atoms with Crippen molar-refractivity contribution in [1.82, 2.24) is 20.2 Å². The van der Waals surface area contributed by atoms with Crippen LogP contribution < -0.4 is 10.2 Å². The third kappa shape index (κ3) is 3.41. The number of amides is 1. The van der Waals surface area contributed by atoms with Gasteiger partial charge >= 0.3 is 0 Å². The maximum absolute atomic E-state index is 12.5. The van der Waals surface area contributed by atoms with Gasteiger partial charge in [0.15, 0.2) is 0 Å². The van der Waals surface area contributed by atoms with Crippen molar-refractivity contribution in [2.75, 3.05) is 38.1 Å². The zero-order valence-corrected chi connectivity index (χ0v) is 14.9. The average molecular weight is 349 g/mol. The van der Waals surface area contributed by atoms with Crippen LogP contribution in [0.15, 0.2) is 48.8 Å². The van der Waals surface area contributed by atoms with Crippen LogP contribution in [0.1, 0.15) is 16.1 Å². The molecule has 0 aliphatic carbocycles. The second-order valence-corrected chi connectivity index (χ2v) is 6.76. The summed E-state index contributed by atoms with van der Waals surface area (Å²) in [7, 11) is 2.15. The molecule has 3 heterocycles. The summed E-state index contributed by atoms with van der Waals surface area (Å²) in [6.45, 7) is 4.58. The molecule has 1 amide bonds. The quantitative estimate of drug-likeness (QED) is 0.758. The SMILES string of the molecule is CN1CCN(c2cccc3[nH]c(C(=O)NCc4cccnc4)cc23)CC1. The largest absolute Gasteiger partial charge is 0.368 e. The van der Waals surface area contributed by atoms with Crippen molar-refractivity contribution in [3.8, 4) is 0 Å². The molecular weight excluding hydrogens is 326 g/mol. The fourth-order valence-corrected chi connectivity index (χ4v) is 3.36. The molecule has 0 radical (unpaired) electrons. The van der Waals surface area contributed by atoms with Gasteiger partial charge in [0.2, 0.25) is 0 Å². The number of aromatic amines is 1. The van der Waals surface area contributed by atoms with E-state index in [-0.39, 0.29) is 5.91 Å². The molecule has 0 atom stereocenters. The van der Waals surface area contributed by atoms with Gasteiger partial charge < -0.3 is 20.1 Å². The van der Waals surface area contributed by atoms with Crippen LogP contribution in [0.4, 0.5) is 5.69 Å². The van der Waals surface area contributed by atoms with Gasteiger partial charge in [0.1, 0.15) is 5.69 Å². The molecule has 1 saturated heterocycles. The number of hydrogen-bond donors (Lipinski definition) is 2. The number of hydrogen-bond acceptors (Lipinski definition) is 4. The number of H-pyrrole nitrogens is 1. The molecule has 26 heavy (non-hydrogen) atoms. The van der Waals surface area contributed by atoms with Gasteiger partial charge in [-0.2, -0.15) is 0 Å². The molecule has 0 spiro atoms. The van der Waals surface area contributed by atoms with Crippen LogP contribution in [0.3, 0.4) is 0 Å². The van der Waals surface area contributed by atoms with Crippen molar-refractivity contribution in [3.05, 3.63) is 60.0 Å². The molecule has 1 aliphatic rings. The van der Waals surface area contributed by atoms with Crippen molar-refractivity contribution >= 4 is 22.5 Å². The van der Waals surface area contributed by atoms with Crippen LogP contribution in [0.5, 0.6) is 0 Å². The second-order valence-electron chi connectivity index (χ2n) is 6.76. The first kappa shape index (κ1) is 16.6. The standard InChI is InChI=1S/C20H23N5O/c1-24-8-10-25(11-9-24)19-6-2-5-17-16(19)12-18(23-17)20(26)22-14-15-4-3-7-21-13-15/h2-7,12-13,23H,8-11,14H2,1H3,(H,22,26). The Morgan fingerprint density at radius 1 is 1.19 bits per heavy atom. The fourth-order valence-electron chi connectivity index (χ4n) is 3.36. The van der Waals surface area contributed by atoms with Gasteiger partial charge in [0.25, 0.3) is 5.91 Å². The summed E-state index contributed by atoms with van der Waals surface area (Å²) in [5, 5.41) is 4.05. The van der Waals surface area contributed by atoms with Crippen molar-refractivity contribution in [3.63, 3.8) is 0 Å². The van der Waals surface area contributed by atoms with E-state index in [0.717, 1.165) is 42.6 Å². The summed E-state index contributed by atoms with van der Waals surface area (Å²) in [5.41, 5.74) is 3.76. The van der Waals surface area contributed by atoms with Crippen LogP contribution in [0.25, 0.3) is 10.9 Å². The topological polar surface area (TPSA) is 64.3 Å². The molecule has 4 rings (SSSR count).